The Morgan fingerprint density at radius 1 is 1.03 bits per heavy atom. The molecule has 0 bridgehead atoms. The first-order chi connectivity index (χ1) is 16.4. The molecule has 2 amide bonds. The van der Waals surface area contributed by atoms with Crippen LogP contribution in [0.15, 0.2) is 42.9 Å². The Labute approximate surface area is 198 Å². The fourth-order valence-electron chi connectivity index (χ4n) is 3.60. The molecule has 1 aromatic carbocycles. The third-order valence-corrected chi connectivity index (χ3v) is 5.63. The van der Waals surface area contributed by atoms with Gasteiger partial charge in [-0.05, 0) is 6.92 Å². The Hall–Kier alpha value is -3.86. The number of nitrogens with zero attached hydrogens (tertiary/aromatic N) is 8. The number of hydrogen-bond acceptors (Lipinski definition) is 8. The molecule has 178 valence electrons. The number of anilines is 2. The summed E-state index contributed by atoms with van der Waals surface area (Å²) in [5, 5.41) is 15.3. The number of piperazine rings is 1. The average Bonchev–Trinajstić information content (AvgIpc) is 3.26. The van der Waals surface area contributed by atoms with E-state index in [1.165, 1.54) is 15.1 Å². The van der Waals surface area contributed by atoms with Gasteiger partial charge in [0, 0.05) is 52.0 Å². The van der Waals surface area contributed by atoms with Gasteiger partial charge >= 0.3 is 0 Å². The van der Waals surface area contributed by atoms with Crippen LogP contribution in [0.3, 0.4) is 0 Å². The van der Waals surface area contributed by atoms with Crippen molar-refractivity contribution in [3.63, 3.8) is 0 Å². The van der Waals surface area contributed by atoms with Crippen LogP contribution in [-0.2, 0) is 16.1 Å². The minimum absolute atomic E-state index is 0.0672. The van der Waals surface area contributed by atoms with Crippen molar-refractivity contribution in [3.8, 4) is 11.3 Å². The van der Waals surface area contributed by atoms with E-state index >= 15 is 0 Å². The maximum atomic E-state index is 12.5. The van der Waals surface area contributed by atoms with Gasteiger partial charge in [0.25, 0.3) is 0 Å². The third-order valence-electron chi connectivity index (χ3n) is 5.63. The Morgan fingerprint density at radius 2 is 1.76 bits per heavy atom. The quantitative estimate of drug-likeness (QED) is 0.550. The van der Waals surface area contributed by atoms with Crippen LogP contribution in [0.1, 0.15) is 5.56 Å². The summed E-state index contributed by atoms with van der Waals surface area (Å²) in [5.74, 6) is 0.413. The fourth-order valence-corrected chi connectivity index (χ4v) is 3.60. The Bertz CT molecular complexity index is 1140. The van der Waals surface area contributed by atoms with Gasteiger partial charge in [-0.3, -0.25) is 19.2 Å². The molecule has 0 radical (unpaired) electrons. The first-order valence-electron chi connectivity index (χ1n) is 11.1. The van der Waals surface area contributed by atoms with Gasteiger partial charge in [-0.25, -0.2) is 4.98 Å². The topological polar surface area (TPSA) is 112 Å². The predicted molar refractivity (Wildman–Crippen MR) is 128 cm³/mol. The molecule has 1 aliphatic rings. The summed E-state index contributed by atoms with van der Waals surface area (Å²) in [4.78, 5) is 34.6. The minimum atomic E-state index is -0.119. The summed E-state index contributed by atoms with van der Waals surface area (Å²) in [7, 11) is 3.38. The molecule has 0 spiro atoms. The molecular formula is C23H29N9O2. The van der Waals surface area contributed by atoms with Crippen LogP contribution in [0.25, 0.3) is 11.3 Å². The van der Waals surface area contributed by atoms with Crippen molar-refractivity contribution in [2.75, 3.05) is 57.0 Å². The van der Waals surface area contributed by atoms with E-state index in [4.69, 9.17) is 0 Å². The zero-order valence-corrected chi connectivity index (χ0v) is 19.7. The highest BCUT2D eigenvalue weighted by Crippen LogP contribution is 2.19. The highest BCUT2D eigenvalue weighted by atomic mass is 16.2. The lowest BCUT2D eigenvalue weighted by molar-refractivity contribution is -0.129. The Morgan fingerprint density at radius 3 is 2.47 bits per heavy atom. The molecule has 4 rings (SSSR count). The number of nitrogens with one attached hydrogen (secondary N) is 1. The highest BCUT2D eigenvalue weighted by molar-refractivity contribution is 5.92. The summed E-state index contributed by atoms with van der Waals surface area (Å²) in [5.41, 5.74) is 3.56. The van der Waals surface area contributed by atoms with Gasteiger partial charge < -0.3 is 15.1 Å². The largest absolute Gasteiger partial charge is 0.347 e. The van der Waals surface area contributed by atoms with Gasteiger partial charge in [-0.15, -0.1) is 5.10 Å². The Balaban J connectivity index is 1.27. The molecule has 1 N–H and O–H groups in total. The second-order valence-electron chi connectivity index (χ2n) is 8.53. The molecule has 3 aromatic rings. The first-order valence-corrected chi connectivity index (χ1v) is 11.1. The lowest BCUT2D eigenvalue weighted by Crippen LogP contribution is -2.49. The second kappa shape index (κ2) is 10.4. The summed E-state index contributed by atoms with van der Waals surface area (Å²) < 4.78 is 1.51. The number of carbonyl (C=O) groups is 2. The van der Waals surface area contributed by atoms with Gasteiger partial charge in [-0.2, -0.15) is 10.2 Å². The number of hydrogen-bond donors (Lipinski definition) is 1. The zero-order chi connectivity index (χ0) is 24.1. The number of aryl methyl sites for hydroxylation is 1. The van der Waals surface area contributed by atoms with E-state index in [1.54, 1.807) is 32.7 Å². The van der Waals surface area contributed by atoms with Gasteiger partial charge in [0.05, 0.1) is 30.3 Å². The van der Waals surface area contributed by atoms with Crippen LogP contribution in [0.5, 0.6) is 0 Å². The summed E-state index contributed by atoms with van der Waals surface area (Å²) >= 11 is 0. The van der Waals surface area contributed by atoms with Crippen molar-refractivity contribution in [3.05, 3.63) is 48.4 Å². The molecule has 0 unspecified atom stereocenters. The van der Waals surface area contributed by atoms with E-state index in [0.29, 0.717) is 37.8 Å². The number of carbonyl (C=O) groups excluding carboxylic acids is 2. The number of likely N-dealkylation sites (N-methyl/N-ethyl adjacent to an activating group) is 1. The van der Waals surface area contributed by atoms with Crippen LogP contribution in [0.4, 0.5) is 11.6 Å². The molecule has 0 aliphatic carbocycles. The maximum Gasteiger partial charge on any atom is 0.245 e. The highest BCUT2D eigenvalue weighted by Gasteiger charge is 2.21. The SMILES string of the molecule is Cc1ccc(-c2cnnc(N3CCN(CC(=O)Nc4cnn(CC(=O)N(C)C)c4)CC3)n2)cc1. The molecule has 0 atom stereocenters. The molecule has 34 heavy (non-hydrogen) atoms. The minimum Gasteiger partial charge on any atom is -0.347 e. The molecule has 1 aliphatic heterocycles. The predicted octanol–water partition coefficient (Wildman–Crippen LogP) is 0.892. The monoisotopic (exact) mass is 463 g/mol. The second-order valence-corrected chi connectivity index (χ2v) is 8.53. The number of aromatic nitrogens is 5. The lowest BCUT2D eigenvalue weighted by Gasteiger charge is -2.34. The number of rotatable bonds is 7. The van der Waals surface area contributed by atoms with E-state index in [0.717, 1.165) is 11.3 Å². The fraction of sp³-hybridized carbons (Fsp3) is 0.391. The van der Waals surface area contributed by atoms with E-state index in [2.05, 4.69) is 54.5 Å². The number of amides is 2. The maximum absolute atomic E-state index is 12.5. The molecule has 1 saturated heterocycles. The number of benzene rings is 1. The standard InChI is InChI=1S/C23H29N9O2/c1-17-4-6-18(7-5-17)20-13-24-28-23(27-20)31-10-8-30(9-11-31)15-21(33)26-19-12-25-32(14-19)16-22(34)29(2)3/h4-7,12-14H,8-11,15-16H2,1-3H3,(H,26,33). The van der Waals surface area contributed by atoms with Crippen molar-refractivity contribution >= 4 is 23.5 Å². The third kappa shape index (κ3) is 5.93. The van der Waals surface area contributed by atoms with Crippen LogP contribution in [-0.4, -0.2) is 93.4 Å². The normalized spacial score (nSPS) is 14.1. The zero-order valence-electron chi connectivity index (χ0n) is 19.7. The smallest absolute Gasteiger partial charge is 0.245 e. The van der Waals surface area contributed by atoms with Gasteiger partial charge in [-0.1, -0.05) is 29.8 Å². The van der Waals surface area contributed by atoms with Crippen LogP contribution >= 0.6 is 0 Å². The molecular weight excluding hydrogens is 434 g/mol. The first kappa shape index (κ1) is 23.3. The average molecular weight is 464 g/mol. The van der Waals surface area contributed by atoms with Gasteiger partial charge in [0.1, 0.15) is 6.54 Å². The molecule has 0 saturated carbocycles. The molecule has 2 aromatic heterocycles. The van der Waals surface area contributed by atoms with Crippen molar-refractivity contribution in [2.45, 2.75) is 13.5 Å². The van der Waals surface area contributed by atoms with E-state index in [-0.39, 0.29) is 24.9 Å². The molecule has 1 fully saturated rings. The van der Waals surface area contributed by atoms with E-state index in [1.807, 2.05) is 12.1 Å². The van der Waals surface area contributed by atoms with E-state index < -0.39 is 0 Å². The summed E-state index contributed by atoms with van der Waals surface area (Å²) in [6, 6.07) is 8.16. The summed E-state index contributed by atoms with van der Waals surface area (Å²) in [6.45, 7) is 5.29. The van der Waals surface area contributed by atoms with Gasteiger partial charge in [0.2, 0.25) is 17.8 Å². The van der Waals surface area contributed by atoms with Crippen molar-refractivity contribution in [1.29, 1.82) is 0 Å². The molecule has 3 heterocycles. The van der Waals surface area contributed by atoms with Crippen molar-refractivity contribution in [1.82, 2.24) is 34.8 Å². The van der Waals surface area contributed by atoms with Crippen LogP contribution in [0, 0.1) is 6.92 Å². The van der Waals surface area contributed by atoms with Crippen molar-refractivity contribution < 1.29 is 9.59 Å². The summed E-state index contributed by atoms with van der Waals surface area (Å²) in [6.07, 6.45) is 4.88. The van der Waals surface area contributed by atoms with E-state index in [9.17, 15) is 9.59 Å². The molecule has 11 nitrogen and oxygen atoms in total. The van der Waals surface area contributed by atoms with Crippen molar-refractivity contribution in [2.24, 2.45) is 0 Å². The Kier molecular flexibility index (Phi) is 7.12. The molecule has 11 heteroatoms. The van der Waals surface area contributed by atoms with Crippen LogP contribution in [0.2, 0.25) is 0 Å². The van der Waals surface area contributed by atoms with Gasteiger partial charge in [0.15, 0.2) is 0 Å². The lowest BCUT2D eigenvalue weighted by atomic mass is 10.1. The van der Waals surface area contributed by atoms with Crippen LogP contribution < -0.4 is 10.2 Å².